The summed E-state index contributed by atoms with van der Waals surface area (Å²) in [6.45, 7) is 8.56. The van der Waals surface area contributed by atoms with Crippen LogP contribution in [0.25, 0.3) is 11.3 Å². The molecule has 1 aromatic heterocycles. The Bertz CT molecular complexity index is 678. The third-order valence-corrected chi connectivity index (χ3v) is 4.57. The van der Waals surface area contributed by atoms with Crippen LogP contribution < -0.4 is 10.5 Å². The van der Waals surface area contributed by atoms with E-state index in [-0.39, 0.29) is 0 Å². The molecule has 0 saturated carbocycles. The van der Waals surface area contributed by atoms with Gasteiger partial charge in [0.05, 0.1) is 5.69 Å². The third-order valence-electron chi connectivity index (χ3n) is 4.57. The van der Waals surface area contributed by atoms with E-state index in [2.05, 4.69) is 35.9 Å². The molecule has 1 fully saturated rings. The molecule has 1 saturated heterocycles. The van der Waals surface area contributed by atoms with Crippen LogP contribution in [0.3, 0.4) is 0 Å². The molecule has 0 bridgehead atoms. The second-order valence-electron chi connectivity index (χ2n) is 6.75. The number of hydrogen-bond acceptors (Lipinski definition) is 4. The van der Waals surface area contributed by atoms with Crippen molar-refractivity contribution in [2.75, 3.05) is 32.0 Å². The number of nitrogens with zero attached hydrogens (tertiary/aromatic N) is 2. The number of benzene rings is 1. The van der Waals surface area contributed by atoms with Crippen molar-refractivity contribution in [2.24, 2.45) is 0 Å². The highest BCUT2D eigenvalue weighted by molar-refractivity contribution is 5.67. The largest absolute Gasteiger partial charge is 0.492 e. The third kappa shape index (κ3) is 4.06. The number of ether oxygens (including phenoxy) is 1. The normalized spacial score (nSPS) is 15.1. The van der Waals surface area contributed by atoms with Crippen LogP contribution in [0.4, 0.5) is 5.82 Å². The molecule has 2 aromatic rings. The number of rotatable bonds is 6. The lowest BCUT2D eigenvalue weighted by atomic mass is 9.94. The zero-order chi connectivity index (χ0) is 16.9. The average molecular weight is 325 g/mol. The van der Waals surface area contributed by atoms with Gasteiger partial charge in [0, 0.05) is 12.1 Å². The minimum atomic E-state index is 0.394. The first-order valence-corrected chi connectivity index (χ1v) is 8.85. The summed E-state index contributed by atoms with van der Waals surface area (Å²) in [4.78, 5) is 6.93. The second kappa shape index (κ2) is 7.67. The van der Waals surface area contributed by atoms with E-state index < -0.39 is 0 Å². The van der Waals surface area contributed by atoms with Gasteiger partial charge in [-0.2, -0.15) is 0 Å². The first-order valence-electron chi connectivity index (χ1n) is 8.85. The quantitative estimate of drug-likeness (QED) is 0.874. The van der Waals surface area contributed by atoms with E-state index in [4.69, 9.17) is 10.5 Å². The molecule has 0 atom stereocenters. The van der Waals surface area contributed by atoms with Crippen LogP contribution in [0.15, 0.2) is 36.4 Å². The van der Waals surface area contributed by atoms with E-state index in [0.717, 1.165) is 30.2 Å². The minimum Gasteiger partial charge on any atom is -0.492 e. The fraction of sp³-hybridized carbons (Fsp3) is 0.450. The topological polar surface area (TPSA) is 51.4 Å². The van der Waals surface area contributed by atoms with Crippen molar-refractivity contribution in [2.45, 2.75) is 32.6 Å². The summed E-state index contributed by atoms with van der Waals surface area (Å²) >= 11 is 0. The molecular weight excluding hydrogens is 298 g/mol. The number of hydrogen-bond donors (Lipinski definition) is 1. The highest BCUT2D eigenvalue weighted by Crippen LogP contribution is 2.31. The van der Waals surface area contributed by atoms with Gasteiger partial charge >= 0.3 is 0 Å². The van der Waals surface area contributed by atoms with Gasteiger partial charge in [0.15, 0.2) is 0 Å². The van der Waals surface area contributed by atoms with Crippen LogP contribution in [-0.4, -0.2) is 36.1 Å². The summed E-state index contributed by atoms with van der Waals surface area (Å²) in [7, 11) is 0. The van der Waals surface area contributed by atoms with Gasteiger partial charge in [-0.3, -0.25) is 4.90 Å². The molecule has 0 unspecified atom stereocenters. The molecule has 2 N–H and O–H groups in total. The molecule has 1 aliphatic heterocycles. The molecule has 0 spiro atoms. The van der Waals surface area contributed by atoms with Crippen LogP contribution in [0.2, 0.25) is 0 Å². The Morgan fingerprint density at radius 2 is 1.96 bits per heavy atom. The van der Waals surface area contributed by atoms with Crippen molar-refractivity contribution in [1.29, 1.82) is 0 Å². The smallest absolute Gasteiger partial charge is 0.124 e. The Labute approximate surface area is 144 Å². The first-order chi connectivity index (χ1) is 11.6. The Balaban J connectivity index is 1.74. The maximum absolute atomic E-state index is 5.99. The van der Waals surface area contributed by atoms with Gasteiger partial charge in [-0.15, -0.1) is 0 Å². The van der Waals surface area contributed by atoms with Crippen LogP contribution in [-0.2, 0) is 0 Å². The molecule has 24 heavy (non-hydrogen) atoms. The first kappa shape index (κ1) is 16.8. The van der Waals surface area contributed by atoms with Crippen LogP contribution in [0.5, 0.6) is 5.75 Å². The maximum Gasteiger partial charge on any atom is 0.124 e. The predicted molar refractivity (Wildman–Crippen MR) is 99.3 cm³/mol. The summed E-state index contributed by atoms with van der Waals surface area (Å²) in [5.74, 6) is 1.88. The fourth-order valence-electron chi connectivity index (χ4n) is 3.24. The van der Waals surface area contributed by atoms with E-state index >= 15 is 0 Å². The molecular formula is C20H27N3O. The molecule has 1 aliphatic rings. The van der Waals surface area contributed by atoms with E-state index in [9.17, 15) is 0 Å². The van der Waals surface area contributed by atoms with E-state index in [1.165, 1.54) is 31.5 Å². The maximum atomic E-state index is 5.99. The fourth-order valence-corrected chi connectivity index (χ4v) is 3.24. The summed E-state index contributed by atoms with van der Waals surface area (Å²) in [6, 6.07) is 12.1. The van der Waals surface area contributed by atoms with Crippen LogP contribution in [0, 0.1) is 0 Å². The van der Waals surface area contributed by atoms with Crippen molar-refractivity contribution >= 4 is 5.82 Å². The van der Waals surface area contributed by atoms with Gasteiger partial charge in [0.1, 0.15) is 18.2 Å². The number of nitrogen functional groups attached to an aromatic ring is 1. The SMILES string of the molecule is CC(C)c1cc(OCCN2CCCC2)ccc1-c1cccc(N)n1. The average Bonchev–Trinajstić information content (AvgIpc) is 3.08. The van der Waals surface area contributed by atoms with Crippen LogP contribution in [0.1, 0.15) is 38.2 Å². The summed E-state index contributed by atoms with van der Waals surface area (Å²) in [6.07, 6.45) is 2.64. The zero-order valence-corrected chi connectivity index (χ0v) is 14.7. The second-order valence-corrected chi connectivity index (χ2v) is 6.75. The highest BCUT2D eigenvalue weighted by atomic mass is 16.5. The predicted octanol–water partition coefficient (Wildman–Crippen LogP) is 3.93. The molecule has 1 aromatic carbocycles. The molecule has 2 heterocycles. The van der Waals surface area contributed by atoms with Crippen molar-refractivity contribution in [3.8, 4) is 17.0 Å². The number of aromatic nitrogens is 1. The molecule has 4 heteroatoms. The van der Waals surface area contributed by atoms with Crippen molar-refractivity contribution in [1.82, 2.24) is 9.88 Å². The Kier molecular flexibility index (Phi) is 5.36. The lowest BCUT2D eigenvalue weighted by Gasteiger charge is -2.17. The van der Waals surface area contributed by atoms with Gasteiger partial charge in [0.25, 0.3) is 0 Å². The summed E-state index contributed by atoms with van der Waals surface area (Å²) < 4.78 is 5.99. The summed E-state index contributed by atoms with van der Waals surface area (Å²) in [5.41, 5.74) is 9.13. The lowest BCUT2D eigenvalue weighted by Crippen LogP contribution is -2.25. The molecule has 0 amide bonds. The van der Waals surface area contributed by atoms with Gasteiger partial charge in [-0.25, -0.2) is 4.98 Å². The Hall–Kier alpha value is -2.07. The number of anilines is 1. The highest BCUT2D eigenvalue weighted by Gasteiger charge is 2.13. The number of likely N-dealkylation sites (tertiary alicyclic amines) is 1. The minimum absolute atomic E-state index is 0.394. The van der Waals surface area contributed by atoms with Crippen molar-refractivity contribution < 1.29 is 4.74 Å². The van der Waals surface area contributed by atoms with E-state index in [0.29, 0.717) is 11.7 Å². The van der Waals surface area contributed by atoms with Crippen molar-refractivity contribution in [3.05, 3.63) is 42.0 Å². The van der Waals surface area contributed by atoms with Gasteiger partial charge in [-0.05, 0) is 67.7 Å². The molecule has 128 valence electrons. The number of pyridine rings is 1. The van der Waals surface area contributed by atoms with Crippen molar-refractivity contribution in [3.63, 3.8) is 0 Å². The Morgan fingerprint density at radius 1 is 1.17 bits per heavy atom. The molecule has 0 aliphatic carbocycles. The van der Waals surface area contributed by atoms with E-state index in [1.807, 2.05) is 24.3 Å². The number of nitrogens with two attached hydrogens (primary N) is 1. The van der Waals surface area contributed by atoms with Gasteiger partial charge in [0.2, 0.25) is 0 Å². The molecule has 0 radical (unpaired) electrons. The van der Waals surface area contributed by atoms with Gasteiger partial charge in [-0.1, -0.05) is 19.9 Å². The Morgan fingerprint density at radius 3 is 2.67 bits per heavy atom. The summed E-state index contributed by atoms with van der Waals surface area (Å²) in [5, 5.41) is 0. The van der Waals surface area contributed by atoms with E-state index in [1.54, 1.807) is 0 Å². The zero-order valence-electron chi connectivity index (χ0n) is 14.7. The molecule has 3 rings (SSSR count). The lowest BCUT2D eigenvalue weighted by molar-refractivity contribution is 0.237. The molecule has 4 nitrogen and oxygen atoms in total. The standard InChI is InChI=1S/C20H27N3O/c1-15(2)18-14-16(24-13-12-23-10-3-4-11-23)8-9-17(18)19-6-5-7-20(21)22-19/h5-9,14-15H,3-4,10-13H2,1-2H3,(H2,21,22). The van der Waals surface area contributed by atoms with Crippen LogP contribution >= 0.6 is 0 Å². The van der Waals surface area contributed by atoms with Gasteiger partial charge < -0.3 is 10.5 Å². The monoisotopic (exact) mass is 325 g/mol.